The predicted molar refractivity (Wildman–Crippen MR) is 54.1 cm³/mol. The molecule has 1 aliphatic rings. The molecule has 0 atom stereocenters. The molecule has 0 saturated heterocycles. The summed E-state index contributed by atoms with van der Waals surface area (Å²) in [5.41, 5.74) is 1.85. The predicted octanol–water partition coefficient (Wildman–Crippen LogP) is 2.72. The molecule has 0 unspecified atom stereocenters. The first-order valence-corrected chi connectivity index (χ1v) is 4.95. The summed E-state index contributed by atoms with van der Waals surface area (Å²) in [4.78, 5) is 0. The van der Waals surface area contributed by atoms with Gasteiger partial charge in [-0.3, -0.25) is 0 Å². The fourth-order valence-electron chi connectivity index (χ4n) is 1.52. The highest BCUT2D eigenvalue weighted by molar-refractivity contribution is 6.31. The molecule has 70 valence electrons. The molecule has 1 aromatic carbocycles. The van der Waals surface area contributed by atoms with Gasteiger partial charge in [-0.1, -0.05) is 23.7 Å². The van der Waals surface area contributed by atoms with Crippen molar-refractivity contribution in [3.05, 3.63) is 34.3 Å². The third kappa shape index (κ3) is 1.87. The first-order valence-electron chi connectivity index (χ1n) is 4.57. The van der Waals surface area contributed by atoms with Gasteiger partial charge in [-0.15, -0.1) is 0 Å². The van der Waals surface area contributed by atoms with Crippen LogP contribution in [-0.4, -0.2) is 10.7 Å². The van der Waals surface area contributed by atoms with Gasteiger partial charge in [0.15, 0.2) is 0 Å². The monoisotopic (exact) mass is 196 g/mol. The molecule has 0 aliphatic heterocycles. The Bertz CT molecular complexity index is 329. The Morgan fingerprint density at radius 2 is 2.15 bits per heavy atom. The lowest BCUT2D eigenvalue weighted by molar-refractivity contribution is 0.151. The topological polar surface area (TPSA) is 20.2 Å². The van der Waals surface area contributed by atoms with Gasteiger partial charge in [-0.25, -0.2) is 0 Å². The van der Waals surface area contributed by atoms with E-state index in [0.717, 1.165) is 29.8 Å². The molecule has 1 aliphatic carbocycles. The second kappa shape index (κ2) is 3.00. The summed E-state index contributed by atoms with van der Waals surface area (Å²) in [5, 5.41) is 10.5. The maximum Gasteiger partial charge on any atom is 0.0690 e. The molecule has 1 aromatic rings. The van der Waals surface area contributed by atoms with E-state index in [1.807, 2.05) is 25.1 Å². The van der Waals surface area contributed by atoms with E-state index >= 15 is 0 Å². The van der Waals surface area contributed by atoms with Gasteiger partial charge in [0.05, 0.1) is 5.60 Å². The van der Waals surface area contributed by atoms with Crippen LogP contribution in [0.3, 0.4) is 0 Å². The molecule has 2 heteroatoms. The normalized spacial score (nSPS) is 18.7. The lowest BCUT2D eigenvalue weighted by Crippen LogP contribution is -2.11. The molecule has 2 rings (SSSR count). The van der Waals surface area contributed by atoms with Crippen molar-refractivity contribution in [2.75, 3.05) is 0 Å². The Hall–Kier alpha value is -0.530. The van der Waals surface area contributed by atoms with Crippen molar-refractivity contribution in [3.63, 3.8) is 0 Å². The van der Waals surface area contributed by atoms with Crippen LogP contribution in [0.25, 0.3) is 0 Å². The minimum atomic E-state index is -0.421. The van der Waals surface area contributed by atoms with Crippen LogP contribution in [-0.2, 0) is 6.42 Å². The number of hydrogen-bond acceptors (Lipinski definition) is 1. The van der Waals surface area contributed by atoms with Crippen LogP contribution in [0.4, 0.5) is 0 Å². The van der Waals surface area contributed by atoms with Gasteiger partial charge >= 0.3 is 0 Å². The van der Waals surface area contributed by atoms with Gasteiger partial charge in [-0.2, -0.15) is 0 Å². The van der Waals surface area contributed by atoms with Gasteiger partial charge in [-0.05, 0) is 37.0 Å². The van der Waals surface area contributed by atoms with Crippen LogP contribution in [0.15, 0.2) is 18.2 Å². The Morgan fingerprint density at radius 3 is 2.77 bits per heavy atom. The SMILES string of the molecule is Cc1c(Cl)cccc1CC1(O)CC1. The zero-order valence-electron chi connectivity index (χ0n) is 7.68. The molecule has 0 bridgehead atoms. The number of benzene rings is 1. The highest BCUT2D eigenvalue weighted by atomic mass is 35.5. The van der Waals surface area contributed by atoms with Crippen molar-refractivity contribution in [3.8, 4) is 0 Å². The molecule has 1 nitrogen and oxygen atoms in total. The molecule has 0 amide bonds. The van der Waals surface area contributed by atoms with Crippen molar-refractivity contribution in [2.45, 2.75) is 31.8 Å². The lowest BCUT2D eigenvalue weighted by atomic mass is 10.0. The Balaban J connectivity index is 2.25. The Morgan fingerprint density at radius 1 is 1.46 bits per heavy atom. The van der Waals surface area contributed by atoms with Crippen LogP contribution in [0, 0.1) is 6.92 Å². The molecule has 0 radical (unpaired) electrons. The third-order valence-electron chi connectivity index (χ3n) is 2.73. The van der Waals surface area contributed by atoms with Crippen molar-refractivity contribution >= 4 is 11.6 Å². The van der Waals surface area contributed by atoms with E-state index in [0.29, 0.717) is 0 Å². The first kappa shape index (κ1) is 9.04. The number of aliphatic hydroxyl groups is 1. The summed E-state index contributed by atoms with van der Waals surface area (Å²) in [5.74, 6) is 0. The average molecular weight is 197 g/mol. The molecule has 0 heterocycles. The van der Waals surface area contributed by atoms with Gasteiger partial charge < -0.3 is 5.11 Å². The maximum absolute atomic E-state index is 9.75. The minimum Gasteiger partial charge on any atom is -0.390 e. The molecule has 1 saturated carbocycles. The summed E-state index contributed by atoms with van der Waals surface area (Å²) in [6.45, 7) is 2.00. The van der Waals surface area contributed by atoms with E-state index < -0.39 is 5.60 Å². The summed E-state index contributed by atoms with van der Waals surface area (Å²) < 4.78 is 0. The molecular formula is C11H13ClO. The largest absolute Gasteiger partial charge is 0.390 e. The molecule has 0 aromatic heterocycles. The van der Waals surface area contributed by atoms with E-state index in [2.05, 4.69) is 0 Å². The number of hydrogen-bond donors (Lipinski definition) is 1. The van der Waals surface area contributed by atoms with Crippen molar-refractivity contribution < 1.29 is 5.11 Å². The summed E-state index contributed by atoms with van der Waals surface area (Å²) in [6, 6.07) is 5.87. The van der Waals surface area contributed by atoms with E-state index in [9.17, 15) is 5.11 Å². The molecule has 1 fully saturated rings. The lowest BCUT2D eigenvalue weighted by Gasteiger charge is -2.10. The zero-order chi connectivity index (χ0) is 9.47. The zero-order valence-corrected chi connectivity index (χ0v) is 8.43. The summed E-state index contributed by atoms with van der Waals surface area (Å²) in [6.07, 6.45) is 2.61. The maximum atomic E-state index is 9.75. The van der Waals surface area contributed by atoms with Crippen molar-refractivity contribution in [1.82, 2.24) is 0 Å². The number of halogens is 1. The van der Waals surface area contributed by atoms with Gasteiger partial charge in [0.25, 0.3) is 0 Å². The highest BCUT2D eigenvalue weighted by Crippen LogP contribution is 2.39. The highest BCUT2D eigenvalue weighted by Gasteiger charge is 2.40. The van der Waals surface area contributed by atoms with Crippen molar-refractivity contribution in [1.29, 1.82) is 0 Å². The quantitative estimate of drug-likeness (QED) is 0.771. The standard InChI is InChI=1S/C11H13ClO/c1-8-9(3-2-4-10(8)12)7-11(13)5-6-11/h2-4,13H,5-7H2,1H3. The molecule has 0 spiro atoms. The average Bonchev–Trinajstić information content (AvgIpc) is 2.78. The van der Waals surface area contributed by atoms with Crippen LogP contribution >= 0.6 is 11.6 Å². The van der Waals surface area contributed by atoms with E-state index in [1.165, 1.54) is 5.56 Å². The molecule has 13 heavy (non-hydrogen) atoms. The minimum absolute atomic E-state index is 0.421. The van der Waals surface area contributed by atoms with Gasteiger partial charge in [0, 0.05) is 11.4 Å². The van der Waals surface area contributed by atoms with Gasteiger partial charge in [0.2, 0.25) is 0 Å². The van der Waals surface area contributed by atoms with E-state index in [4.69, 9.17) is 11.6 Å². The number of rotatable bonds is 2. The van der Waals surface area contributed by atoms with Gasteiger partial charge in [0.1, 0.15) is 0 Å². The fourth-order valence-corrected chi connectivity index (χ4v) is 1.71. The Labute approximate surface area is 83.3 Å². The second-order valence-electron chi connectivity index (χ2n) is 3.93. The fraction of sp³-hybridized carbons (Fsp3) is 0.455. The van der Waals surface area contributed by atoms with Crippen molar-refractivity contribution in [2.24, 2.45) is 0 Å². The molecule has 1 N–H and O–H groups in total. The van der Waals surface area contributed by atoms with E-state index in [-0.39, 0.29) is 0 Å². The smallest absolute Gasteiger partial charge is 0.0690 e. The summed E-state index contributed by atoms with van der Waals surface area (Å²) in [7, 11) is 0. The second-order valence-corrected chi connectivity index (χ2v) is 4.33. The summed E-state index contributed by atoms with van der Waals surface area (Å²) >= 11 is 5.98. The first-order chi connectivity index (χ1) is 6.11. The Kier molecular flexibility index (Phi) is 2.09. The third-order valence-corrected chi connectivity index (χ3v) is 3.14. The van der Waals surface area contributed by atoms with Crippen LogP contribution in [0.1, 0.15) is 24.0 Å². The van der Waals surface area contributed by atoms with Crippen LogP contribution in [0.5, 0.6) is 0 Å². The van der Waals surface area contributed by atoms with Crippen LogP contribution < -0.4 is 0 Å². The van der Waals surface area contributed by atoms with Crippen LogP contribution in [0.2, 0.25) is 5.02 Å². The van der Waals surface area contributed by atoms with E-state index in [1.54, 1.807) is 0 Å². The molecular weight excluding hydrogens is 184 g/mol.